The Kier molecular flexibility index (Phi) is 3.23. The Morgan fingerprint density at radius 1 is 1.11 bits per heavy atom. The van der Waals surface area contributed by atoms with E-state index < -0.39 is 28.0 Å². The molecular weight excluding hydrogens is 289 g/mol. The van der Waals surface area contributed by atoms with Gasteiger partial charge in [0.15, 0.2) is 5.15 Å². The summed E-state index contributed by atoms with van der Waals surface area (Å²) in [6.45, 7) is 0. The third kappa shape index (κ3) is 2.16. The number of nitrogens with one attached hydrogen (secondary N) is 1. The molecule has 0 aliphatic rings. The van der Waals surface area contributed by atoms with Crippen LogP contribution in [-0.4, -0.2) is 9.55 Å². The summed E-state index contributed by atoms with van der Waals surface area (Å²) in [5.41, 5.74) is -2.47. The smallest absolute Gasteiger partial charge is 0.295 e. The van der Waals surface area contributed by atoms with Crippen molar-refractivity contribution in [2.45, 2.75) is 0 Å². The van der Waals surface area contributed by atoms with Gasteiger partial charge in [0.1, 0.15) is 5.82 Å². The zero-order valence-electron chi connectivity index (χ0n) is 8.51. The summed E-state index contributed by atoms with van der Waals surface area (Å²) in [5.74, 6) is -2.10. The summed E-state index contributed by atoms with van der Waals surface area (Å²) in [6, 6.07) is 3.00. The minimum atomic E-state index is -1.34. The predicted molar refractivity (Wildman–Crippen MR) is 62.6 cm³/mol. The van der Waals surface area contributed by atoms with E-state index in [2.05, 4.69) is 0 Å². The minimum absolute atomic E-state index is 0.0355. The Bertz CT molecular complexity index is 719. The largest absolute Gasteiger partial charge is 0.334 e. The molecule has 1 N–H and O–H groups in total. The van der Waals surface area contributed by atoms with Gasteiger partial charge in [0.2, 0.25) is 5.82 Å². The van der Waals surface area contributed by atoms with E-state index in [1.165, 1.54) is 0 Å². The van der Waals surface area contributed by atoms with Crippen LogP contribution < -0.4 is 11.2 Å². The maximum Gasteiger partial charge on any atom is 0.334 e. The van der Waals surface area contributed by atoms with E-state index in [1.54, 1.807) is 0 Å². The Morgan fingerprint density at radius 2 is 1.78 bits per heavy atom. The van der Waals surface area contributed by atoms with Gasteiger partial charge in [0.05, 0.1) is 5.69 Å². The second-order valence-corrected chi connectivity index (χ2v) is 4.14. The van der Waals surface area contributed by atoms with Crippen LogP contribution in [0.4, 0.5) is 8.78 Å². The fourth-order valence-electron chi connectivity index (χ4n) is 1.39. The number of halogens is 4. The van der Waals surface area contributed by atoms with Gasteiger partial charge >= 0.3 is 5.69 Å². The molecule has 2 aromatic rings. The highest BCUT2D eigenvalue weighted by atomic mass is 35.5. The Hall–Kier alpha value is -1.66. The van der Waals surface area contributed by atoms with Crippen LogP contribution in [0.1, 0.15) is 0 Å². The van der Waals surface area contributed by atoms with Crippen molar-refractivity contribution in [1.29, 1.82) is 0 Å². The van der Waals surface area contributed by atoms with E-state index in [0.29, 0.717) is 4.57 Å². The van der Waals surface area contributed by atoms with Crippen molar-refractivity contribution in [2.75, 3.05) is 0 Å². The highest BCUT2D eigenvalue weighted by Gasteiger charge is 2.14. The van der Waals surface area contributed by atoms with Gasteiger partial charge in [-0.25, -0.2) is 13.8 Å². The van der Waals surface area contributed by atoms with Crippen LogP contribution >= 0.6 is 23.2 Å². The van der Waals surface area contributed by atoms with Crippen molar-refractivity contribution >= 4 is 23.2 Å². The monoisotopic (exact) mass is 292 g/mol. The first-order valence-corrected chi connectivity index (χ1v) is 5.32. The van der Waals surface area contributed by atoms with Crippen LogP contribution in [0.25, 0.3) is 5.69 Å². The average Bonchev–Trinajstić information content (AvgIpc) is 2.24. The Morgan fingerprint density at radius 3 is 2.39 bits per heavy atom. The third-order valence-electron chi connectivity index (χ3n) is 2.11. The van der Waals surface area contributed by atoms with Crippen LogP contribution in [-0.2, 0) is 0 Å². The van der Waals surface area contributed by atoms with E-state index in [-0.39, 0.29) is 10.7 Å². The van der Waals surface area contributed by atoms with Crippen molar-refractivity contribution in [3.8, 4) is 5.69 Å². The van der Waals surface area contributed by atoms with Crippen molar-refractivity contribution in [2.24, 2.45) is 0 Å². The van der Waals surface area contributed by atoms with E-state index in [1.807, 2.05) is 4.98 Å². The topological polar surface area (TPSA) is 54.9 Å². The summed E-state index contributed by atoms with van der Waals surface area (Å²) in [5, 5.41) is -0.740. The van der Waals surface area contributed by atoms with E-state index in [0.717, 1.165) is 18.2 Å². The van der Waals surface area contributed by atoms with E-state index >= 15 is 0 Å². The molecule has 1 aromatic carbocycles. The van der Waals surface area contributed by atoms with Gasteiger partial charge in [-0.3, -0.25) is 9.78 Å². The van der Waals surface area contributed by atoms with Crippen LogP contribution in [0.15, 0.2) is 27.8 Å². The molecule has 0 bridgehead atoms. The molecule has 94 valence electrons. The molecule has 0 aliphatic heterocycles. The lowest BCUT2D eigenvalue weighted by molar-refractivity contribution is 0.582. The number of nitrogens with zero attached hydrogens (tertiary/aromatic N) is 1. The molecular formula is C10H4Cl2F2N2O2. The fourth-order valence-corrected chi connectivity index (χ4v) is 1.77. The summed E-state index contributed by atoms with van der Waals surface area (Å²) in [7, 11) is 0. The minimum Gasteiger partial charge on any atom is -0.295 e. The maximum absolute atomic E-state index is 13.3. The molecule has 0 spiro atoms. The number of hydrogen-bond acceptors (Lipinski definition) is 2. The first kappa shape index (κ1) is 12.8. The number of benzene rings is 1. The number of aromatic nitrogens is 2. The van der Waals surface area contributed by atoms with Gasteiger partial charge in [-0.05, 0) is 18.2 Å². The van der Waals surface area contributed by atoms with Gasteiger partial charge in [0.25, 0.3) is 5.56 Å². The Balaban J connectivity index is 2.84. The molecule has 1 aromatic heterocycles. The fraction of sp³-hybridized carbons (Fsp3) is 0. The highest BCUT2D eigenvalue weighted by Crippen LogP contribution is 2.16. The molecule has 0 radical (unpaired) electrons. The first-order chi connectivity index (χ1) is 8.40. The first-order valence-electron chi connectivity index (χ1n) is 4.57. The van der Waals surface area contributed by atoms with Crippen molar-refractivity contribution in [3.63, 3.8) is 0 Å². The second kappa shape index (κ2) is 4.55. The maximum atomic E-state index is 13.3. The van der Waals surface area contributed by atoms with Gasteiger partial charge in [-0.1, -0.05) is 23.2 Å². The lowest BCUT2D eigenvalue weighted by Crippen LogP contribution is -2.35. The molecule has 8 heteroatoms. The predicted octanol–water partition coefficient (Wildman–Crippen LogP) is 2.11. The van der Waals surface area contributed by atoms with Crippen LogP contribution in [0, 0.1) is 11.6 Å². The van der Waals surface area contributed by atoms with E-state index in [4.69, 9.17) is 23.2 Å². The van der Waals surface area contributed by atoms with Gasteiger partial charge < -0.3 is 0 Å². The summed E-state index contributed by atoms with van der Waals surface area (Å²) in [4.78, 5) is 25.0. The Labute approximate surface area is 108 Å². The molecule has 0 saturated carbocycles. The number of hydrogen-bond donors (Lipinski definition) is 1. The molecule has 0 saturated heterocycles. The second-order valence-electron chi connectivity index (χ2n) is 3.33. The number of H-pyrrole nitrogens is 1. The molecule has 4 nitrogen and oxygen atoms in total. The van der Waals surface area contributed by atoms with Gasteiger partial charge in [-0.2, -0.15) is 4.39 Å². The standard InChI is InChI=1S/C10H4Cl2F2N2O2/c11-4-1-5(13)3-6(2-4)16-9(17)7(14)8(12)15-10(16)18/h1-3H,(H,15,18). The van der Waals surface area contributed by atoms with Crippen LogP contribution in [0.3, 0.4) is 0 Å². The zero-order valence-corrected chi connectivity index (χ0v) is 10.0. The number of aromatic amines is 1. The molecule has 0 amide bonds. The molecule has 0 fully saturated rings. The summed E-state index contributed by atoms with van der Waals surface area (Å²) in [6.07, 6.45) is 0. The summed E-state index contributed by atoms with van der Waals surface area (Å²) < 4.78 is 26.8. The zero-order chi connectivity index (χ0) is 13.4. The quantitative estimate of drug-likeness (QED) is 0.819. The molecule has 0 atom stereocenters. The van der Waals surface area contributed by atoms with Gasteiger partial charge in [0, 0.05) is 5.02 Å². The van der Waals surface area contributed by atoms with Crippen molar-refractivity contribution in [1.82, 2.24) is 9.55 Å². The lowest BCUT2D eigenvalue weighted by atomic mass is 10.3. The van der Waals surface area contributed by atoms with Crippen LogP contribution in [0.2, 0.25) is 10.2 Å². The molecule has 18 heavy (non-hydrogen) atoms. The molecule has 1 heterocycles. The van der Waals surface area contributed by atoms with E-state index in [9.17, 15) is 18.4 Å². The number of rotatable bonds is 1. The SMILES string of the molecule is O=c1[nH]c(Cl)c(F)c(=O)n1-c1cc(F)cc(Cl)c1. The lowest BCUT2D eigenvalue weighted by Gasteiger charge is -2.05. The van der Waals surface area contributed by atoms with Crippen molar-refractivity contribution in [3.05, 3.63) is 60.8 Å². The van der Waals surface area contributed by atoms with Crippen molar-refractivity contribution < 1.29 is 8.78 Å². The highest BCUT2D eigenvalue weighted by molar-refractivity contribution is 6.30. The van der Waals surface area contributed by atoms with Gasteiger partial charge in [-0.15, -0.1) is 0 Å². The summed E-state index contributed by atoms with van der Waals surface area (Å²) >= 11 is 10.9. The van der Waals surface area contributed by atoms with Crippen LogP contribution in [0.5, 0.6) is 0 Å². The normalized spacial score (nSPS) is 10.7. The molecule has 0 unspecified atom stereocenters. The molecule has 0 aliphatic carbocycles. The third-order valence-corrected chi connectivity index (χ3v) is 2.59. The average molecular weight is 293 g/mol. The molecule has 2 rings (SSSR count).